The summed E-state index contributed by atoms with van der Waals surface area (Å²) in [7, 11) is 0.725. The maximum Gasteiger partial charge on any atom is 0.271 e. The molecule has 4 rings (SSSR count). The van der Waals surface area contributed by atoms with Crippen LogP contribution in [-0.4, -0.2) is 47.4 Å². The van der Waals surface area contributed by atoms with Gasteiger partial charge in [-0.1, -0.05) is 6.92 Å². The lowest BCUT2D eigenvalue weighted by molar-refractivity contribution is 0.0996. The zero-order valence-corrected chi connectivity index (χ0v) is 19.1. The molecule has 1 atom stereocenters. The molecule has 33 heavy (non-hydrogen) atoms. The van der Waals surface area contributed by atoms with Crippen LogP contribution in [0.4, 0.5) is 17.3 Å². The van der Waals surface area contributed by atoms with Gasteiger partial charge in [0, 0.05) is 36.6 Å². The SMILES string of the molecule is CC[S@](=N)(=O)c1ccc(Nc2nc(NC)c(-c3cncc4c3ncn4C)nc2C(N)=O)cc1. The van der Waals surface area contributed by atoms with Crippen LogP contribution in [0.15, 0.2) is 47.9 Å². The highest BCUT2D eigenvalue weighted by atomic mass is 32.2. The highest BCUT2D eigenvalue weighted by molar-refractivity contribution is 7.92. The zero-order valence-electron chi connectivity index (χ0n) is 18.3. The molecule has 3 heterocycles. The van der Waals surface area contributed by atoms with Crippen LogP contribution in [0.2, 0.25) is 0 Å². The number of aromatic nitrogens is 5. The van der Waals surface area contributed by atoms with Gasteiger partial charge in [0.2, 0.25) is 0 Å². The van der Waals surface area contributed by atoms with E-state index in [1.807, 2.05) is 11.6 Å². The van der Waals surface area contributed by atoms with Gasteiger partial charge in [-0.2, -0.15) is 0 Å². The number of imidazole rings is 1. The van der Waals surface area contributed by atoms with E-state index in [0.717, 1.165) is 5.52 Å². The number of amides is 1. The molecule has 4 aromatic rings. The summed E-state index contributed by atoms with van der Waals surface area (Å²) < 4.78 is 22.0. The van der Waals surface area contributed by atoms with Crippen LogP contribution in [0.25, 0.3) is 22.3 Å². The molecule has 0 saturated carbocycles. The van der Waals surface area contributed by atoms with E-state index in [-0.39, 0.29) is 17.3 Å². The Morgan fingerprint density at radius 3 is 2.55 bits per heavy atom. The third kappa shape index (κ3) is 4.07. The lowest BCUT2D eigenvalue weighted by Gasteiger charge is -2.15. The maximum absolute atomic E-state index is 12.3. The third-order valence-electron chi connectivity index (χ3n) is 5.16. The summed E-state index contributed by atoms with van der Waals surface area (Å²) in [6.07, 6.45) is 4.98. The minimum Gasteiger partial charge on any atom is -0.371 e. The fourth-order valence-electron chi connectivity index (χ4n) is 3.33. The van der Waals surface area contributed by atoms with E-state index in [0.29, 0.717) is 33.2 Å². The van der Waals surface area contributed by atoms with Crippen LogP contribution in [0.5, 0.6) is 0 Å². The Bertz CT molecular complexity index is 1460. The van der Waals surface area contributed by atoms with Crippen molar-refractivity contribution in [2.24, 2.45) is 12.8 Å². The predicted octanol–water partition coefficient (Wildman–Crippen LogP) is 2.74. The molecule has 0 fully saturated rings. The van der Waals surface area contributed by atoms with E-state index in [1.165, 1.54) is 0 Å². The molecule has 1 amide bonds. The lowest BCUT2D eigenvalue weighted by atomic mass is 10.1. The first-order chi connectivity index (χ1) is 15.7. The van der Waals surface area contributed by atoms with Gasteiger partial charge in [0.05, 0.1) is 33.3 Å². The number of carbonyl (C=O) groups is 1. The molecule has 0 spiro atoms. The van der Waals surface area contributed by atoms with Gasteiger partial charge < -0.3 is 20.9 Å². The largest absolute Gasteiger partial charge is 0.371 e. The van der Waals surface area contributed by atoms with Crippen LogP contribution in [-0.2, 0) is 16.8 Å². The van der Waals surface area contributed by atoms with Gasteiger partial charge >= 0.3 is 0 Å². The van der Waals surface area contributed by atoms with E-state index in [4.69, 9.17) is 10.5 Å². The first-order valence-electron chi connectivity index (χ1n) is 10.0. The van der Waals surface area contributed by atoms with Gasteiger partial charge in [-0.25, -0.2) is 23.9 Å². The number of pyridine rings is 1. The minimum atomic E-state index is -2.83. The Kier molecular flexibility index (Phi) is 5.68. The highest BCUT2D eigenvalue weighted by Gasteiger charge is 2.21. The number of primary amides is 1. The Balaban J connectivity index is 1.80. The molecule has 5 N–H and O–H groups in total. The van der Waals surface area contributed by atoms with E-state index >= 15 is 0 Å². The predicted molar refractivity (Wildman–Crippen MR) is 127 cm³/mol. The number of anilines is 3. The van der Waals surface area contributed by atoms with Crippen molar-refractivity contribution < 1.29 is 9.00 Å². The second-order valence-corrected chi connectivity index (χ2v) is 9.66. The number of carbonyl (C=O) groups excluding carboxylic acids is 1. The summed E-state index contributed by atoms with van der Waals surface area (Å²) in [4.78, 5) is 30.4. The molecule has 0 aliphatic heterocycles. The normalized spacial score (nSPS) is 12.9. The monoisotopic (exact) mass is 465 g/mol. The Morgan fingerprint density at radius 1 is 1.18 bits per heavy atom. The molecule has 0 aliphatic carbocycles. The molecule has 0 bridgehead atoms. The number of nitrogens with zero attached hydrogens (tertiary/aromatic N) is 5. The fourth-order valence-corrected chi connectivity index (χ4v) is 4.24. The first kappa shape index (κ1) is 22.1. The highest BCUT2D eigenvalue weighted by Crippen LogP contribution is 2.32. The number of nitrogens with one attached hydrogen (secondary N) is 3. The van der Waals surface area contributed by atoms with Crippen molar-refractivity contribution in [1.82, 2.24) is 24.5 Å². The van der Waals surface area contributed by atoms with Gasteiger partial charge in [0.1, 0.15) is 11.2 Å². The topological polar surface area (TPSA) is 165 Å². The van der Waals surface area contributed by atoms with Gasteiger partial charge in [-0.05, 0) is 24.3 Å². The Morgan fingerprint density at radius 2 is 1.91 bits per heavy atom. The van der Waals surface area contributed by atoms with Crippen LogP contribution in [0.1, 0.15) is 17.4 Å². The number of benzene rings is 1. The molecule has 0 aliphatic rings. The van der Waals surface area contributed by atoms with Crippen molar-refractivity contribution in [2.45, 2.75) is 11.8 Å². The van der Waals surface area contributed by atoms with Gasteiger partial charge in [0.15, 0.2) is 17.3 Å². The third-order valence-corrected chi connectivity index (χ3v) is 7.01. The molecular weight excluding hydrogens is 442 g/mol. The van der Waals surface area contributed by atoms with Crippen molar-refractivity contribution in [3.05, 3.63) is 48.7 Å². The molecule has 0 radical (unpaired) electrons. The van der Waals surface area contributed by atoms with E-state index in [1.54, 1.807) is 57.0 Å². The van der Waals surface area contributed by atoms with Crippen molar-refractivity contribution in [3.63, 3.8) is 0 Å². The summed E-state index contributed by atoms with van der Waals surface area (Å²) >= 11 is 0. The fraction of sp³-hybridized carbons (Fsp3) is 0.190. The number of fused-ring (bicyclic) bond motifs is 1. The molecule has 12 heteroatoms. The number of hydrogen-bond acceptors (Lipinski definition) is 9. The van der Waals surface area contributed by atoms with Crippen molar-refractivity contribution in [1.29, 1.82) is 4.78 Å². The van der Waals surface area contributed by atoms with Crippen LogP contribution in [0.3, 0.4) is 0 Å². The van der Waals surface area contributed by atoms with Crippen molar-refractivity contribution in [3.8, 4) is 11.3 Å². The Labute approximate surface area is 190 Å². The molecule has 0 unspecified atom stereocenters. The second-order valence-electron chi connectivity index (χ2n) is 7.26. The van der Waals surface area contributed by atoms with Crippen molar-refractivity contribution in [2.75, 3.05) is 23.4 Å². The van der Waals surface area contributed by atoms with Crippen LogP contribution < -0.4 is 16.4 Å². The zero-order chi connectivity index (χ0) is 23.8. The summed E-state index contributed by atoms with van der Waals surface area (Å²) in [5.74, 6) is 0.0276. The number of rotatable bonds is 7. The van der Waals surface area contributed by atoms with Gasteiger partial charge in [-0.3, -0.25) is 9.78 Å². The summed E-state index contributed by atoms with van der Waals surface area (Å²) in [6.45, 7) is 1.71. The smallest absolute Gasteiger partial charge is 0.271 e. The standard InChI is InChI=1S/C21H23N9O2S/c1-4-33(23,32)13-7-5-12(6-8-13)27-21-18(19(22)31)28-17(20(24-2)29-21)14-9-25-10-15-16(14)26-11-30(15)3/h5-11,23H,4H2,1-3H3,(H2,22,31)(H2,24,27,29)/t33-/m0/s1. The average Bonchev–Trinajstić information content (AvgIpc) is 3.20. The summed E-state index contributed by atoms with van der Waals surface area (Å²) in [5, 5.41) is 6.05. The summed E-state index contributed by atoms with van der Waals surface area (Å²) in [5.41, 5.74) is 8.60. The molecule has 11 nitrogen and oxygen atoms in total. The Hall–Kier alpha value is -4.06. The molecule has 3 aromatic heterocycles. The van der Waals surface area contributed by atoms with Crippen LogP contribution in [0, 0.1) is 4.78 Å². The minimum absolute atomic E-state index is 0.0566. The summed E-state index contributed by atoms with van der Waals surface area (Å²) in [6, 6.07) is 6.55. The first-order valence-corrected chi connectivity index (χ1v) is 11.8. The lowest BCUT2D eigenvalue weighted by Crippen LogP contribution is -2.18. The maximum atomic E-state index is 12.3. The number of nitrogens with two attached hydrogens (primary N) is 1. The molecule has 170 valence electrons. The number of hydrogen-bond donors (Lipinski definition) is 4. The van der Waals surface area contributed by atoms with Crippen molar-refractivity contribution >= 4 is 44.0 Å². The molecule has 0 saturated heterocycles. The second kappa shape index (κ2) is 8.47. The van der Waals surface area contributed by atoms with Gasteiger partial charge in [0.25, 0.3) is 5.91 Å². The molecular formula is C21H23N9O2S. The van der Waals surface area contributed by atoms with E-state index in [9.17, 15) is 9.00 Å². The van der Waals surface area contributed by atoms with E-state index in [2.05, 4.69) is 30.6 Å². The molecule has 1 aromatic carbocycles. The number of aryl methyl sites for hydroxylation is 1. The average molecular weight is 466 g/mol. The van der Waals surface area contributed by atoms with Crippen LogP contribution >= 0.6 is 0 Å². The quantitative estimate of drug-likeness (QED) is 0.323. The van der Waals surface area contributed by atoms with E-state index < -0.39 is 15.6 Å². The van der Waals surface area contributed by atoms with Gasteiger partial charge in [-0.15, -0.1) is 0 Å².